The molecule has 2 fully saturated rings. The van der Waals surface area contributed by atoms with Crippen LogP contribution < -0.4 is 26.0 Å². The van der Waals surface area contributed by atoms with Crippen LogP contribution in [0.4, 0.5) is 23.3 Å². The molecule has 0 saturated carbocycles. The molecule has 2 amide bonds. The highest BCUT2D eigenvalue weighted by Gasteiger charge is 2.30. The highest BCUT2D eigenvalue weighted by Crippen LogP contribution is 2.44. The van der Waals surface area contributed by atoms with Crippen molar-refractivity contribution in [1.82, 2.24) is 39.5 Å². The van der Waals surface area contributed by atoms with Crippen molar-refractivity contribution < 1.29 is 14.3 Å². The molecule has 15 nitrogen and oxygen atoms in total. The van der Waals surface area contributed by atoms with Gasteiger partial charge in [-0.3, -0.25) is 9.59 Å². The van der Waals surface area contributed by atoms with Gasteiger partial charge in [0, 0.05) is 124 Å². The van der Waals surface area contributed by atoms with Crippen LogP contribution in [0.25, 0.3) is 22.5 Å². The van der Waals surface area contributed by atoms with Gasteiger partial charge in [-0.2, -0.15) is 0 Å². The highest BCUT2D eigenvalue weighted by atomic mass is 16.5. The summed E-state index contributed by atoms with van der Waals surface area (Å²) in [5.41, 5.74) is 13.9. The summed E-state index contributed by atoms with van der Waals surface area (Å²) in [7, 11) is 5.99. The van der Waals surface area contributed by atoms with E-state index in [0.29, 0.717) is 17.5 Å². The predicted molar refractivity (Wildman–Crippen MR) is 327 cm³/mol. The van der Waals surface area contributed by atoms with Crippen molar-refractivity contribution in [1.29, 1.82) is 0 Å². The third kappa shape index (κ3) is 14.5. The number of anilines is 4. The van der Waals surface area contributed by atoms with Crippen molar-refractivity contribution in [2.24, 2.45) is 5.92 Å². The monoisotopic (exact) mass is 1090 g/mol. The van der Waals surface area contributed by atoms with Crippen molar-refractivity contribution in [2.45, 2.75) is 64.2 Å². The first kappa shape index (κ1) is 56.7. The first-order valence-corrected chi connectivity index (χ1v) is 29.2. The van der Waals surface area contributed by atoms with Gasteiger partial charge in [-0.1, -0.05) is 93.1 Å². The van der Waals surface area contributed by atoms with Crippen LogP contribution in [0.2, 0.25) is 0 Å². The summed E-state index contributed by atoms with van der Waals surface area (Å²) in [5.74, 6) is 2.49. The van der Waals surface area contributed by atoms with Gasteiger partial charge in [0.25, 0.3) is 5.91 Å². The first-order chi connectivity index (χ1) is 39.6. The summed E-state index contributed by atoms with van der Waals surface area (Å²) >= 11 is 0. The molecule has 4 N–H and O–H groups in total. The molecule has 7 aromatic rings. The topological polar surface area (TPSA) is 156 Å². The fraction of sp³-hybridized carbons (Fsp3) is 0.394. The number of hydrogen-bond donors (Lipinski definition) is 4. The Balaban J connectivity index is 0.000000182. The van der Waals surface area contributed by atoms with E-state index >= 15 is 0 Å². The van der Waals surface area contributed by atoms with Crippen LogP contribution in [-0.2, 0) is 17.6 Å². The number of likely N-dealkylation sites (N-methyl/N-ethyl adjacent to an activating group) is 2. The maximum Gasteiger partial charge on any atom is 0.255 e. The van der Waals surface area contributed by atoms with E-state index in [2.05, 4.69) is 145 Å². The number of amides is 2. The molecule has 5 aromatic carbocycles. The Morgan fingerprint density at radius 2 is 1.05 bits per heavy atom. The number of ether oxygens (including phenoxy) is 1. The van der Waals surface area contributed by atoms with E-state index in [4.69, 9.17) is 14.7 Å². The van der Waals surface area contributed by atoms with Gasteiger partial charge in [0.2, 0.25) is 17.8 Å². The Hall–Kier alpha value is -7.56. The quantitative estimate of drug-likeness (QED) is 0.0568. The zero-order valence-corrected chi connectivity index (χ0v) is 48.0. The van der Waals surface area contributed by atoms with Gasteiger partial charge in [-0.25, -0.2) is 19.9 Å². The summed E-state index contributed by atoms with van der Waals surface area (Å²) < 4.78 is 5.19. The molecule has 4 heterocycles. The minimum Gasteiger partial charge on any atom is -0.497 e. The minimum absolute atomic E-state index is 0.0211. The first-order valence-electron chi connectivity index (χ1n) is 29.2. The molecule has 0 spiro atoms. The molecule has 11 rings (SSSR count). The minimum atomic E-state index is -0.150. The highest BCUT2D eigenvalue weighted by molar-refractivity contribution is 6.04. The Kier molecular flexibility index (Phi) is 19.1. The van der Waals surface area contributed by atoms with E-state index in [0.717, 1.165) is 157 Å². The molecule has 0 radical (unpaired) electrons. The zero-order chi connectivity index (χ0) is 56.1. The van der Waals surface area contributed by atoms with Gasteiger partial charge in [0.05, 0.1) is 18.5 Å². The number of fused-ring (bicyclic) bond motifs is 6. The third-order valence-electron chi connectivity index (χ3n) is 16.5. The van der Waals surface area contributed by atoms with E-state index in [9.17, 15) is 9.59 Å². The number of rotatable bonds is 19. The Morgan fingerprint density at radius 3 is 1.51 bits per heavy atom. The van der Waals surface area contributed by atoms with E-state index in [1.54, 1.807) is 31.4 Å². The molecule has 2 saturated heterocycles. The lowest BCUT2D eigenvalue weighted by Gasteiger charge is -2.32. The SMILES string of the molecule is CCCC(C)C(=O)Nc1ccc(C2Cc3cnc(NCCCN4CCN(C)CC4)nc3-c3ccccc32)cc1.COc1ccc(C(=O)Nc2ccc(C3Cc4cnc(NCCCN5CCN(C)CC5)nc4-c4ccccc43)cc2)cc1. The molecule has 3 unspecified atom stereocenters. The fourth-order valence-electron chi connectivity index (χ4n) is 11.6. The van der Waals surface area contributed by atoms with Crippen LogP contribution in [0.15, 0.2) is 134 Å². The van der Waals surface area contributed by atoms with E-state index in [1.807, 2.05) is 43.6 Å². The summed E-state index contributed by atoms with van der Waals surface area (Å²) in [5, 5.41) is 13.0. The summed E-state index contributed by atoms with van der Waals surface area (Å²) in [6.45, 7) is 17.2. The average molecular weight is 1090 g/mol. The van der Waals surface area contributed by atoms with Crippen LogP contribution in [-0.4, -0.2) is 151 Å². The van der Waals surface area contributed by atoms with Gasteiger partial charge >= 0.3 is 0 Å². The maximum atomic E-state index is 12.7. The van der Waals surface area contributed by atoms with Crippen molar-refractivity contribution in [3.63, 3.8) is 0 Å². The molecule has 15 heteroatoms. The molecule has 2 aliphatic carbocycles. The van der Waals surface area contributed by atoms with Crippen LogP contribution in [0.1, 0.15) is 95.1 Å². The van der Waals surface area contributed by atoms with Crippen LogP contribution in [0, 0.1) is 5.92 Å². The van der Waals surface area contributed by atoms with Crippen molar-refractivity contribution in [3.8, 4) is 28.3 Å². The number of carbonyl (C=O) groups is 2. The molecule has 81 heavy (non-hydrogen) atoms. The maximum absolute atomic E-state index is 12.7. The smallest absolute Gasteiger partial charge is 0.255 e. The second-order valence-electron chi connectivity index (χ2n) is 22.3. The standard InChI is InChI=1S/C34H38N6O2.C32H42N6O/c1-39-18-20-40(21-19-39)17-5-16-35-34-36-23-26-22-31(29-6-3-4-7-30(29)32(26)38-34)24-8-12-27(13-9-24)37-33(41)25-10-14-28(42-2)15-11-25;1-4-8-23(2)31(39)35-26-13-11-24(12-14-26)29-21-25-22-34-32(36-30(25)28-10-6-5-9-27(28)29)33-15-7-16-38-19-17-37(3)18-20-38/h3-4,6-15,23,31H,5,16-22H2,1-2H3,(H,37,41)(H,35,36,38);5-6,9-14,22-23,29H,4,7-8,15-21H2,1-3H3,(H,35,39)(H,33,34,36). The fourth-order valence-corrected chi connectivity index (χ4v) is 11.6. The lowest BCUT2D eigenvalue weighted by atomic mass is 9.78. The molecule has 422 valence electrons. The number of methoxy groups -OCH3 is 1. The van der Waals surface area contributed by atoms with Gasteiger partial charge in [0.15, 0.2) is 0 Å². The van der Waals surface area contributed by atoms with Gasteiger partial charge < -0.3 is 45.6 Å². The Labute approximate surface area is 479 Å². The van der Waals surface area contributed by atoms with Crippen LogP contribution in [0.3, 0.4) is 0 Å². The van der Waals surface area contributed by atoms with Crippen molar-refractivity contribution in [2.75, 3.05) is 121 Å². The van der Waals surface area contributed by atoms with Gasteiger partial charge in [0.1, 0.15) is 5.75 Å². The number of aromatic nitrogens is 4. The summed E-state index contributed by atoms with van der Waals surface area (Å²) in [6.07, 6.45) is 9.72. The molecular weight excluding hydrogens is 1010 g/mol. The molecule has 3 atom stereocenters. The average Bonchev–Trinajstić information content (AvgIpc) is 3.55. The summed E-state index contributed by atoms with van der Waals surface area (Å²) in [6, 6.07) is 40.7. The normalized spacial score (nSPS) is 17.4. The van der Waals surface area contributed by atoms with E-state index in [-0.39, 0.29) is 29.6 Å². The lowest BCUT2D eigenvalue weighted by molar-refractivity contribution is -0.119. The number of hydrogen-bond acceptors (Lipinski definition) is 13. The number of benzene rings is 5. The largest absolute Gasteiger partial charge is 0.497 e. The number of carbonyl (C=O) groups excluding carboxylic acids is 2. The molecular formula is C66H80N12O3. The second kappa shape index (κ2) is 27.3. The van der Waals surface area contributed by atoms with Crippen LogP contribution in [0.5, 0.6) is 5.75 Å². The van der Waals surface area contributed by atoms with E-state index in [1.165, 1.54) is 33.4 Å². The van der Waals surface area contributed by atoms with E-state index < -0.39 is 0 Å². The number of nitrogens with one attached hydrogen (secondary N) is 4. The van der Waals surface area contributed by atoms with Gasteiger partial charge in [-0.15, -0.1) is 0 Å². The lowest BCUT2D eigenvalue weighted by Crippen LogP contribution is -2.44. The Morgan fingerprint density at radius 1 is 0.593 bits per heavy atom. The second-order valence-corrected chi connectivity index (χ2v) is 22.3. The molecule has 4 aliphatic rings. The summed E-state index contributed by atoms with van der Waals surface area (Å²) in [4.78, 5) is 54.3. The number of nitrogens with zero attached hydrogens (tertiary/aromatic N) is 8. The molecule has 2 aromatic heterocycles. The Bertz CT molecular complexity index is 3190. The van der Waals surface area contributed by atoms with Gasteiger partial charge in [-0.05, 0) is 141 Å². The molecule has 2 aliphatic heterocycles. The number of piperazine rings is 2. The predicted octanol–water partition coefficient (Wildman–Crippen LogP) is 10.4. The molecule has 0 bridgehead atoms. The third-order valence-corrected chi connectivity index (χ3v) is 16.5. The zero-order valence-electron chi connectivity index (χ0n) is 48.0. The van der Waals surface area contributed by atoms with Crippen LogP contribution >= 0.6 is 0 Å². The van der Waals surface area contributed by atoms with Crippen molar-refractivity contribution >= 4 is 35.1 Å². The van der Waals surface area contributed by atoms with Crippen molar-refractivity contribution in [3.05, 3.63) is 173 Å².